The van der Waals surface area contributed by atoms with Crippen LogP contribution in [0.4, 0.5) is 4.79 Å². The molecule has 5 N–H and O–H groups in total. The summed E-state index contributed by atoms with van der Waals surface area (Å²) in [6.07, 6.45) is -3.75. The highest BCUT2D eigenvalue weighted by Crippen LogP contribution is 2.28. The zero-order chi connectivity index (χ0) is 17.7. The first-order chi connectivity index (χ1) is 11.4. The number of carbonyl (C=O) groups is 2. The summed E-state index contributed by atoms with van der Waals surface area (Å²) in [6.45, 7) is 0.360. The molecule has 0 aromatic carbocycles. The molecule has 1 aromatic rings. The van der Waals surface area contributed by atoms with Crippen LogP contribution in [-0.2, 0) is 14.2 Å². The minimum absolute atomic E-state index is 0.0189. The zero-order valence-electron chi connectivity index (χ0n) is 12.9. The van der Waals surface area contributed by atoms with E-state index in [-0.39, 0.29) is 25.6 Å². The van der Waals surface area contributed by atoms with Crippen molar-refractivity contribution in [2.24, 2.45) is 5.73 Å². The second-order valence-corrected chi connectivity index (χ2v) is 4.95. The molecule has 12 nitrogen and oxygen atoms in total. The van der Waals surface area contributed by atoms with E-state index in [4.69, 9.17) is 15.2 Å². The molecule has 24 heavy (non-hydrogen) atoms. The third-order valence-corrected chi connectivity index (χ3v) is 3.31. The van der Waals surface area contributed by atoms with E-state index >= 15 is 0 Å². The molecule has 4 atom stereocenters. The SMILES string of the molecule is COC(=O)NCCOC[C@H]1O[C@@H](n2cnc(C(N)=O)n2)C(O)[C@@H]1O. The maximum absolute atomic E-state index is 11.0. The summed E-state index contributed by atoms with van der Waals surface area (Å²) in [4.78, 5) is 25.5. The van der Waals surface area contributed by atoms with E-state index < -0.39 is 36.5 Å². The summed E-state index contributed by atoms with van der Waals surface area (Å²) in [5.74, 6) is -1.05. The van der Waals surface area contributed by atoms with Gasteiger partial charge in [0.25, 0.3) is 5.91 Å². The van der Waals surface area contributed by atoms with E-state index in [0.717, 1.165) is 4.68 Å². The standard InChI is InChI=1S/C12H19N5O7/c1-22-12(21)14-2-3-23-4-6-7(18)8(19)11(24-6)17-5-15-10(16-17)9(13)20/h5-8,11,18-19H,2-4H2,1H3,(H2,13,20)(H,14,21)/t6-,7-,8?,11-/m1/s1. The van der Waals surface area contributed by atoms with Crippen molar-refractivity contribution in [1.82, 2.24) is 20.1 Å². The summed E-state index contributed by atoms with van der Waals surface area (Å²) in [5.41, 5.74) is 5.05. The Bertz CT molecular complexity index is 580. The first-order valence-electron chi connectivity index (χ1n) is 7.06. The number of aliphatic hydroxyl groups excluding tert-OH is 2. The molecule has 1 unspecified atom stereocenters. The minimum Gasteiger partial charge on any atom is -0.453 e. The van der Waals surface area contributed by atoms with Crippen molar-refractivity contribution in [3.05, 3.63) is 12.2 Å². The molecule has 1 fully saturated rings. The lowest BCUT2D eigenvalue weighted by Crippen LogP contribution is -2.35. The fourth-order valence-corrected chi connectivity index (χ4v) is 2.09. The molecule has 0 radical (unpaired) electrons. The van der Waals surface area contributed by atoms with E-state index in [1.165, 1.54) is 13.4 Å². The largest absolute Gasteiger partial charge is 0.453 e. The van der Waals surface area contributed by atoms with Crippen LogP contribution in [0.3, 0.4) is 0 Å². The number of nitrogens with one attached hydrogen (secondary N) is 1. The summed E-state index contributed by atoms with van der Waals surface area (Å²) < 4.78 is 16.3. The third kappa shape index (κ3) is 4.17. The quantitative estimate of drug-likeness (QED) is 0.386. The summed E-state index contributed by atoms with van der Waals surface area (Å²) >= 11 is 0. The van der Waals surface area contributed by atoms with Gasteiger partial charge in [-0.05, 0) is 0 Å². The molecular formula is C12H19N5O7. The number of amides is 2. The third-order valence-electron chi connectivity index (χ3n) is 3.31. The van der Waals surface area contributed by atoms with Gasteiger partial charge in [-0.1, -0.05) is 0 Å². The van der Waals surface area contributed by atoms with Gasteiger partial charge in [-0.3, -0.25) is 4.79 Å². The van der Waals surface area contributed by atoms with Crippen molar-refractivity contribution in [1.29, 1.82) is 0 Å². The lowest BCUT2D eigenvalue weighted by Gasteiger charge is -2.14. The summed E-state index contributed by atoms with van der Waals surface area (Å²) in [6, 6.07) is 0. The monoisotopic (exact) mass is 345 g/mol. The van der Waals surface area contributed by atoms with Crippen LogP contribution in [0.1, 0.15) is 16.8 Å². The van der Waals surface area contributed by atoms with Gasteiger partial charge in [0.05, 0.1) is 20.3 Å². The molecule has 0 saturated carbocycles. The van der Waals surface area contributed by atoms with Crippen molar-refractivity contribution in [3.8, 4) is 0 Å². The molecule has 1 saturated heterocycles. The van der Waals surface area contributed by atoms with Crippen molar-refractivity contribution in [2.75, 3.05) is 26.9 Å². The Morgan fingerprint density at radius 2 is 2.21 bits per heavy atom. The fourth-order valence-electron chi connectivity index (χ4n) is 2.09. The number of ether oxygens (including phenoxy) is 3. The second-order valence-electron chi connectivity index (χ2n) is 4.95. The van der Waals surface area contributed by atoms with Crippen LogP contribution in [0, 0.1) is 0 Å². The molecule has 12 heteroatoms. The number of primary amides is 1. The number of carbonyl (C=O) groups excluding carboxylic acids is 2. The molecule has 2 rings (SSSR count). The van der Waals surface area contributed by atoms with Crippen molar-refractivity contribution < 1.29 is 34.0 Å². The highest BCUT2D eigenvalue weighted by molar-refractivity contribution is 5.88. The first-order valence-corrected chi connectivity index (χ1v) is 7.06. The molecule has 1 aromatic heterocycles. The highest BCUT2D eigenvalue weighted by Gasteiger charge is 2.44. The number of alkyl carbamates (subject to hydrolysis) is 1. The summed E-state index contributed by atoms with van der Waals surface area (Å²) in [5, 5.41) is 26.2. The van der Waals surface area contributed by atoms with Crippen LogP contribution in [0.2, 0.25) is 0 Å². The molecule has 0 spiro atoms. The van der Waals surface area contributed by atoms with Gasteiger partial charge in [-0.2, -0.15) is 0 Å². The molecule has 1 aliphatic rings. The number of nitrogens with two attached hydrogens (primary N) is 1. The van der Waals surface area contributed by atoms with Crippen molar-refractivity contribution in [2.45, 2.75) is 24.5 Å². The molecule has 0 aliphatic carbocycles. The van der Waals surface area contributed by atoms with E-state index in [1.807, 2.05) is 0 Å². The number of rotatable bonds is 7. The van der Waals surface area contributed by atoms with E-state index in [1.54, 1.807) is 0 Å². The molecule has 1 aliphatic heterocycles. The zero-order valence-corrected chi connectivity index (χ0v) is 12.9. The van der Waals surface area contributed by atoms with Crippen molar-refractivity contribution >= 4 is 12.0 Å². The van der Waals surface area contributed by atoms with E-state index in [9.17, 15) is 19.8 Å². The first kappa shape index (κ1) is 18.1. The average molecular weight is 345 g/mol. The Kier molecular flexibility index (Phi) is 6.03. The lowest BCUT2D eigenvalue weighted by atomic mass is 10.1. The van der Waals surface area contributed by atoms with Gasteiger partial charge in [-0.25, -0.2) is 14.5 Å². The van der Waals surface area contributed by atoms with Crippen molar-refractivity contribution in [3.63, 3.8) is 0 Å². The Balaban J connectivity index is 1.83. The molecular weight excluding hydrogens is 326 g/mol. The average Bonchev–Trinajstić information content (AvgIpc) is 3.14. The van der Waals surface area contributed by atoms with Gasteiger partial charge in [0.1, 0.15) is 24.6 Å². The van der Waals surface area contributed by atoms with Gasteiger partial charge >= 0.3 is 6.09 Å². The van der Waals surface area contributed by atoms with Gasteiger partial charge in [-0.15, -0.1) is 5.10 Å². The van der Waals surface area contributed by atoms with Crippen LogP contribution in [-0.4, -0.2) is 82.2 Å². The number of hydrogen-bond donors (Lipinski definition) is 4. The molecule has 2 amide bonds. The number of hydrogen-bond acceptors (Lipinski definition) is 9. The Morgan fingerprint density at radius 1 is 1.46 bits per heavy atom. The van der Waals surface area contributed by atoms with E-state index in [2.05, 4.69) is 20.1 Å². The van der Waals surface area contributed by atoms with Crippen LogP contribution >= 0.6 is 0 Å². The lowest BCUT2D eigenvalue weighted by molar-refractivity contribution is -0.0708. The number of aromatic nitrogens is 3. The summed E-state index contributed by atoms with van der Waals surface area (Å²) in [7, 11) is 1.24. The van der Waals surface area contributed by atoms with Gasteiger partial charge in [0.2, 0.25) is 5.82 Å². The van der Waals surface area contributed by atoms with Gasteiger partial charge < -0.3 is 35.5 Å². The maximum Gasteiger partial charge on any atom is 0.406 e. The predicted octanol–water partition coefficient (Wildman–Crippen LogP) is -2.63. The predicted molar refractivity (Wildman–Crippen MR) is 75.7 cm³/mol. The van der Waals surface area contributed by atoms with Crippen LogP contribution < -0.4 is 11.1 Å². The molecule has 0 bridgehead atoms. The highest BCUT2D eigenvalue weighted by atomic mass is 16.6. The van der Waals surface area contributed by atoms with Crippen LogP contribution in [0.15, 0.2) is 6.33 Å². The minimum atomic E-state index is -1.28. The number of aliphatic hydroxyl groups is 2. The maximum atomic E-state index is 11.0. The molecule has 134 valence electrons. The number of nitrogens with zero attached hydrogens (tertiary/aromatic N) is 3. The Hall–Kier alpha value is -2.28. The van der Waals surface area contributed by atoms with Gasteiger partial charge in [0.15, 0.2) is 6.23 Å². The molecule has 2 heterocycles. The van der Waals surface area contributed by atoms with E-state index in [0.29, 0.717) is 0 Å². The Labute approximate surface area is 136 Å². The number of methoxy groups -OCH3 is 1. The topological polar surface area (TPSA) is 171 Å². The Morgan fingerprint density at radius 3 is 2.83 bits per heavy atom. The van der Waals surface area contributed by atoms with Crippen LogP contribution in [0.5, 0.6) is 0 Å². The normalized spacial score (nSPS) is 26.3. The fraction of sp³-hybridized carbons (Fsp3) is 0.667. The second kappa shape index (κ2) is 8.01. The van der Waals surface area contributed by atoms with Gasteiger partial charge in [0, 0.05) is 6.54 Å². The smallest absolute Gasteiger partial charge is 0.406 e. The van der Waals surface area contributed by atoms with Crippen LogP contribution in [0.25, 0.3) is 0 Å².